The summed E-state index contributed by atoms with van der Waals surface area (Å²) in [6, 6.07) is 0.587. The van der Waals surface area contributed by atoms with E-state index in [4.69, 9.17) is 4.74 Å². The van der Waals surface area contributed by atoms with Crippen LogP contribution in [0.2, 0.25) is 0 Å². The Morgan fingerprint density at radius 3 is 2.79 bits per heavy atom. The average Bonchev–Trinajstić information content (AvgIpc) is 3.39. The van der Waals surface area contributed by atoms with Gasteiger partial charge in [-0.1, -0.05) is 5.92 Å². The predicted octanol–water partition coefficient (Wildman–Crippen LogP) is 2.27. The van der Waals surface area contributed by atoms with E-state index in [-0.39, 0.29) is 18.2 Å². The monoisotopic (exact) mass is 394 g/mol. The van der Waals surface area contributed by atoms with Gasteiger partial charge in [0.1, 0.15) is 6.10 Å². The van der Waals surface area contributed by atoms with Gasteiger partial charge in [-0.25, -0.2) is 4.79 Å². The minimum Gasteiger partial charge on any atom is -0.473 e. The molecule has 2 bridgehead atoms. The highest BCUT2D eigenvalue weighted by Crippen LogP contribution is 2.32. The summed E-state index contributed by atoms with van der Waals surface area (Å²) in [6.45, 7) is 7.65. The molecule has 0 saturated carbocycles. The number of piperidine rings is 3. The molecular weight excluding hydrogens is 364 g/mol. The number of allylic oxidation sites excluding steroid dienone is 1. The number of fused-ring (bicyclic) bond motifs is 4. The van der Waals surface area contributed by atoms with Crippen LogP contribution in [-0.2, 0) is 4.74 Å². The van der Waals surface area contributed by atoms with Crippen LogP contribution in [-0.4, -0.2) is 71.6 Å². The van der Waals surface area contributed by atoms with Gasteiger partial charge in [0.15, 0.2) is 5.76 Å². The van der Waals surface area contributed by atoms with Crippen LogP contribution in [0, 0.1) is 17.8 Å². The molecule has 6 rings (SSSR count). The molecule has 3 atom stereocenters. The van der Waals surface area contributed by atoms with Gasteiger partial charge in [-0.05, 0) is 82.8 Å². The molecule has 29 heavy (non-hydrogen) atoms. The second-order valence-corrected chi connectivity index (χ2v) is 8.80. The van der Waals surface area contributed by atoms with E-state index >= 15 is 0 Å². The number of carbonyl (C=O) groups excluding carboxylic acids is 1. The van der Waals surface area contributed by atoms with Crippen LogP contribution < -0.4 is 5.32 Å². The first-order valence-electron chi connectivity index (χ1n) is 11.0. The largest absolute Gasteiger partial charge is 0.473 e. The lowest BCUT2D eigenvalue weighted by Crippen LogP contribution is -2.63. The smallest absolute Gasteiger partial charge is 0.325 e. The molecule has 154 valence electrons. The van der Waals surface area contributed by atoms with E-state index in [0.29, 0.717) is 17.7 Å². The topological polar surface area (TPSA) is 48.1 Å². The molecule has 0 spiro atoms. The summed E-state index contributed by atoms with van der Waals surface area (Å²) in [4.78, 5) is 19.4. The molecule has 4 saturated heterocycles. The fraction of sp³-hybridized carbons (Fsp3) is 0.609. The fourth-order valence-electron chi connectivity index (χ4n) is 5.24. The molecule has 0 aromatic heterocycles. The highest BCUT2D eigenvalue weighted by atomic mass is 16.5. The van der Waals surface area contributed by atoms with Crippen molar-refractivity contribution >= 4 is 6.03 Å². The number of carbonyl (C=O) groups is 1. The molecule has 6 aliphatic rings. The third kappa shape index (κ3) is 3.82. The van der Waals surface area contributed by atoms with E-state index < -0.39 is 0 Å². The molecule has 6 nitrogen and oxygen atoms in total. The maximum atomic E-state index is 12.9. The van der Waals surface area contributed by atoms with Gasteiger partial charge in [-0.3, -0.25) is 14.7 Å². The molecule has 0 aromatic rings. The molecular formula is C23H30N4O2. The number of hydrogen-bond acceptors (Lipinski definition) is 4. The number of nitrogens with one attached hydrogen (secondary N) is 1. The normalized spacial score (nSPS) is 35.3. The van der Waals surface area contributed by atoms with Crippen molar-refractivity contribution in [2.24, 2.45) is 5.92 Å². The number of hydrogen-bond donors (Lipinski definition) is 1. The summed E-state index contributed by atoms with van der Waals surface area (Å²) in [7, 11) is 0. The van der Waals surface area contributed by atoms with Crippen molar-refractivity contribution in [1.82, 2.24) is 20.0 Å². The van der Waals surface area contributed by atoms with Crippen LogP contribution in [0.5, 0.6) is 0 Å². The lowest BCUT2D eigenvalue weighted by Gasteiger charge is -2.50. The summed E-state index contributed by atoms with van der Waals surface area (Å²) < 4.78 is 5.91. The summed E-state index contributed by atoms with van der Waals surface area (Å²) in [5.41, 5.74) is 0.982. The average molecular weight is 395 g/mol. The first kappa shape index (κ1) is 18.8. The molecule has 0 aromatic carbocycles. The van der Waals surface area contributed by atoms with Gasteiger partial charge in [0.05, 0.1) is 6.54 Å². The maximum absolute atomic E-state index is 12.9. The van der Waals surface area contributed by atoms with Crippen molar-refractivity contribution in [1.29, 1.82) is 0 Å². The molecule has 0 aliphatic carbocycles. The van der Waals surface area contributed by atoms with E-state index in [0.717, 1.165) is 38.3 Å². The number of amides is 2. The summed E-state index contributed by atoms with van der Waals surface area (Å²) in [6.07, 6.45) is 12.4. The van der Waals surface area contributed by atoms with Gasteiger partial charge < -0.3 is 10.1 Å². The zero-order valence-corrected chi connectivity index (χ0v) is 17.1. The van der Waals surface area contributed by atoms with Gasteiger partial charge in [-0.2, -0.15) is 0 Å². The summed E-state index contributed by atoms with van der Waals surface area (Å²) >= 11 is 0. The number of nitrogens with zero attached hydrogens (tertiary/aromatic N) is 3. The highest BCUT2D eigenvalue weighted by molar-refractivity contribution is 5.77. The predicted molar refractivity (Wildman–Crippen MR) is 112 cm³/mol. The van der Waals surface area contributed by atoms with Gasteiger partial charge in [0.25, 0.3) is 0 Å². The minimum atomic E-state index is -0.133. The molecule has 4 fully saturated rings. The van der Waals surface area contributed by atoms with Crippen molar-refractivity contribution in [3.63, 3.8) is 0 Å². The maximum Gasteiger partial charge on any atom is 0.325 e. The number of ether oxygens (including phenoxy) is 1. The quantitative estimate of drug-likeness (QED) is 0.730. The van der Waals surface area contributed by atoms with Crippen molar-refractivity contribution in [2.75, 3.05) is 32.7 Å². The van der Waals surface area contributed by atoms with Crippen LogP contribution in [0.15, 0.2) is 35.9 Å². The number of likely N-dealkylation sites (tertiary alicyclic amines) is 1. The first-order chi connectivity index (χ1) is 14.2. The minimum absolute atomic E-state index is 0.0558. The van der Waals surface area contributed by atoms with E-state index in [1.165, 1.54) is 25.7 Å². The Morgan fingerprint density at radius 1 is 1.24 bits per heavy atom. The Bertz CT molecular complexity index is 804. The molecule has 1 unspecified atom stereocenters. The standard InChI is InChI=1S/C23H30N4O2/c1-17-22(18-6-12-26(17)13-7-18)24-23(28)27-14-8-21-19(16-27)15-20(29-21)5-4-11-25-9-2-3-10-25/h8,14-18,21-22H,2-3,6-7,9-13H2,1H3,(H,24,28)/t17-,21?,22-/m0/s1. The van der Waals surface area contributed by atoms with Crippen LogP contribution in [0.25, 0.3) is 0 Å². The highest BCUT2D eigenvalue weighted by Gasteiger charge is 2.41. The van der Waals surface area contributed by atoms with Crippen LogP contribution in [0.4, 0.5) is 4.79 Å². The molecule has 6 heterocycles. The summed E-state index contributed by atoms with van der Waals surface area (Å²) in [5.74, 6) is 7.66. The van der Waals surface area contributed by atoms with Crippen molar-refractivity contribution in [2.45, 2.75) is 50.8 Å². The second kappa shape index (κ2) is 7.89. The third-order valence-corrected chi connectivity index (χ3v) is 7.01. The lowest BCUT2D eigenvalue weighted by molar-refractivity contribution is 0.0256. The van der Waals surface area contributed by atoms with E-state index in [1.54, 1.807) is 4.90 Å². The number of rotatable bonds is 2. The van der Waals surface area contributed by atoms with E-state index in [9.17, 15) is 4.79 Å². The zero-order valence-electron chi connectivity index (χ0n) is 17.1. The lowest BCUT2D eigenvalue weighted by atomic mass is 9.79. The first-order valence-corrected chi connectivity index (χ1v) is 11.0. The zero-order chi connectivity index (χ0) is 19.8. The molecule has 6 heteroatoms. The third-order valence-electron chi connectivity index (χ3n) is 7.01. The Hall–Kier alpha value is -2.23. The van der Waals surface area contributed by atoms with Crippen LogP contribution in [0.3, 0.4) is 0 Å². The Morgan fingerprint density at radius 2 is 2.03 bits per heavy atom. The fourth-order valence-corrected chi connectivity index (χ4v) is 5.24. The number of urea groups is 1. The van der Waals surface area contributed by atoms with Gasteiger partial charge in [0.2, 0.25) is 0 Å². The summed E-state index contributed by atoms with van der Waals surface area (Å²) in [5, 5.41) is 3.28. The Balaban J connectivity index is 1.21. The van der Waals surface area contributed by atoms with E-state index in [1.807, 2.05) is 24.6 Å². The van der Waals surface area contributed by atoms with Gasteiger partial charge >= 0.3 is 6.03 Å². The van der Waals surface area contributed by atoms with Crippen LogP contribution >= 0.6 is 0 Å². The van der Waals surface area contributed by atoms with Crippen molar-refractivity contribution in [3.05, 3.63) is 35.9 Å². The van der Waals surface area contributed by atoms with Crippen molar-refractivity contribution in [3.8, 4) is 11.8 Å². The van der Waals surface area contributed by atoms with E-state index in [2.05, 4.69) is 33.9 Å². The SMILES string of the molecule is C[C@H]1[C@H](NC(=O)N2C=CC3OC(C#CCN4CCCC4)=CC3=C2)C2CCN1CC2. The van der Waals surface area contributed by atoms with Gasteiger partial charge in [0, 0.05) is 30.1 Å². The second-order valence-electron chi connectivity index (χ2n) is 8.80. The van der Waals surface area contributed by atoms with Crippen LogP contribution in [0.1, 0.15) is 32.6 Å². The van der Waals surface area contributed by atoms with Gasteiger partial charge in [-0.15, -0.1) is 0 Å². The molecule has 2 amide bonds. The van der Waals surface area contributed by atoms with Crippen molar-refractivity contribution < 1.29 is 9.53 Å². The molecule has 1 N–H and O–H groups in total. The Kier molecular flexibility index (Phi) is 5.11. The molecule has 6 aliphatic heterocycles. The molecule has 0 radical (unpaired) electrons. The Labute approximate surface area is 173 Å².